The number of H-pyrrole nitrogens is 1. The fourth-order valence-electron chi connectivity index (χ4n) is 1.40. The summed E-state index contributed by atoms with van der Waals surface area (Å²) in [6, 6.07) is 5.32. The minimum atomic E-state index is -0.153. The molecular weight excluding hydrogens is 279 g/mol. The first-order valence-corrected chi connectivity index (χ1v) is 5.50. The molecule has 0 amide bonds. The highest BCUT2D eigenvalue weighted by molar-refractivity contribution is 9.10. The fraction of sp³-hybridized carbons (Fsp3) is 0.100. The summed E-state index contributed by atoms with van der Waals surface area (Å²) < 4.78 is 0.757. The Morgan fingerprint density at radius 2 is 2.13 bits per heavy atom. The van der Waals surface area contributed by atoms with Crippen molar-refractivity contribution < 1.29 is 0 Å². The number of fused-ring (bicyclic) bond motifs is 1. The van der Waals surface area contributed by atoms with Gasteiger partial charge in [0.1, 0.15) is 0 Å². The summed E-state index contributed by atoms with van der Waals surface area (Å²) in [5.74, 6) is 0. The second-order valence-corrected chi connectivity index (χ2v) is 4.44. The zero-order chi connectivity index (χ0) is 11.0. The Morgan fingerprint density at radius 3 is 2.80 bits per heavy atom. The van der Waals surface area contributed by atoms with Crippen LogP contribution in [-0.2, 0) is 6.54 Å². The molecule has 1 aromatic carbocycles. The minimum Gasteiger partial charge on any atom is -0.326 e. The first-order chi connectivity index (χ1) is 7.11. The van der Waals surface area contributed by atoms with Gasteiger partial charge in [0.05, 0.1) is 5.02 Å². The molecule has 0 bridgehead atoms. The summed E-state index contributed by atoms with van der Waals surface area (Å²) in [6.07, 6.45) is 0. The number of hydrogen-bond acceptors (Lipinski definition) is 2. The van der Waals surface area contributed by atoms with E-state index in [0.717, 1.165) is 15.4 Å². The summed E-state index contributed by atoms with van der Waals surface area (Å²) in [4.78, 5) is 14.2. The van der Waals surface area contributed by atoms with Crippen molar-refractivity contribution in [3.05, 3.63) is 43.6 Å². The van der Waals surface area contributed by atoms with Gasteiger partial charge in [-0.3, -0.25) is 4.79 Å². The molecule has 0 unspecified atom stereocenters. The van der Waals surface area contributed by atoms with Gasteiger partial charge in [-0.25, -0.2) is 0 Å². The molecule has 5 heteroatoms. The maximum absolute atomic E-state index is 11.5. The van der Waals surface area contributed by atoms with Crippen molar-refractivity contribution in [2.24, 2.45) is 5.73 Å². The fourth-order valence-corrected chi connectivity index (χ4v) is 1.91. The molecule has 0 radical (unpaired) electrons. The van der Waals surface area contributed by atoms with Crippen LogP contribution in [0.2, 0.25) is 5.02 Å². The van der Waals surface area contributed by atoms with Crippen LogP contribution in [0.5, 0.6) is 0 Å². The summed E-state index contributed by atoms with van der Waals surface area (Å²) in [5.41, 5.74) is 6.59. The largest absolute Gasteiger partial charge is 0.326 e. The molecule has 0 saturated heterocycles. The second-order valence-electron chi connectivity index (χ2n) is 3.18. The Kier molecular flexibility index (Phi) is 2.82. The summed E-state index contributed by atoms with van der Waals surface area (Å²) >= 11 is 9.25. The highest BCUT2D eigenvalue weighted by Crippen LogP contribution is 2.26. The van der Waals surface area contributed by atoms with Crippen LogP contribution in [0.25, 0.3) is 10.9 Å². The van der Waals surface area contributed by atoms with Crippen LogP contribution in [0.4, 0.5) is 0 Å². The number of aromatic nitrogens is 1. The maximum Gasteiger partial charge on any atom is 0.252 e. The standard InChI is InChI=1S/C10H8BrClN2O/c11-7-3-9-5(2-8(7)12)1-6(4-13)10(15)14-9/h1-3H,4,13H2,(H,14,15). The molecule has 0 fully saturated rings. The van der Waals surface area contributed by atoms with E-state index in [1.54, 1.807) is 18.2 Å². The zero-order valence-corrected chi connectivity index (χ0v) is 10.0. The molecule has 0 spiro atoms. The van der Waals surface area contributed by atoms with Gasteiger partial charge in [0.25, 0.3) is 5.56 Å². The summed E-state index contributed by atoms with van der Waals surface area (Å²) in [5, 5.41) is 1.49. The van der Waals surface area contributed by atoms with Crippen molar-refractivity contribution >= 4 is 38.4 Å². The smallest absolute Gasteiger partial charge is 0.252 e. The molecule has 2 aromatic rings. The normalized spacial score (nSPS) is 10.9. The van der Waals surface area contributed by atoms with Crippen molar-refractivity contribution in [3.8, 4) is 0 Å². The third kappa shape index (κ3) is 1.93. The lowest BCUT2D eigenvalue weighted by Gasteiger charge is -2.03. The van der Waals surface area contributed by atoms with Crippen molar-refractivity contribution in [2.45, 2.75) is 6.54 Å². The molecule has 0 aliphatic rings. The molecule has 2 rings (SSSR count). The third-order valence-electron chi connectivity index (χ3n) is 2.18. The van der Waals surface area contributed by atoms with E-state index >= 15 is 0 Å². The Morgan fingerprint density at radius 1 is 1.40 bits per heavy atom. The van der Waals surface area contributed by atoms with Crippen molar-refractivity contribution in [3.63, 3.8) is 0 Å². The second kappa shape index (κ2) is 3.96. The molecule has 0 aliphatic carbocycles. The number of nitrogens with one attached hydrogen (secondary N) is 1. The van der Waals surface area contributed by atoms with Gasteiger partial charge in [-0.05, 0) is 34.1 Å². The Balaban J connectivity index is 2.82. The van der Waals surface area contributed by atoms with Crippen LogP contribution in [0.15, 0.2) is 27.5 Å². The number of halogens is 2. The SMILES string of the molecule is NCc1cc2cc(Cl)c(Br)cc2[nH]c1=O. The number of pyridine rings is 1. The van der Waals surface area contributed by atoms with E-state index < -0.39 is 0 Å². The van der Waals surface area contributed by atoms with Crippen LogP contribution in [0, 0.1) is 0 Å². The molecule has 3 N–H and O–H groups in total. The van der Waals surface area contributed by atoms with E-state index in [1.165, 1.54) is 0 Å². The van der Waals surface area contributed by atoms with E-state index in [4.69, 9.17) is 17.3 Å². The Bertz CT molecular complexity index is 579. The van der Waals surface area contributed by atoms with Crippen LogP contribution < -0.4 is 11.3 Å². The topological polar surface area (TPSA) is 58.9 Å². The van der Waals surface area contributed by atoms with E-state index in [2.05, 4.69) is 20.9 Å². The van der Waals surface area contributed by atoms with E-state index in [-0.39, 0.29) is 12.1 Å². The number of aromatic amines is 1. The van der Waals surface area contributed by atoms with Gasteiger partial charge in [0.15, 0.2) is 0 Å². The van der Waals surface area contributed by atoms with Gasteiger partial charge in [0.2, 0.25) is 0 Å². The predicted octanol–water partition coefficient (Wildman–Crippen LogP) is 2.40. The lowest BCUT2D eigenvalue weighted by molar-refractivity contribution is 1.03. The predicted molar refractivity (Wildman–Crippen MR) is 65.2 cm³/mol. The first-order valence-electron chi connectivity index (χ1n) is 4.33. The molecule has 0 saturated carbocycles. The Hall–Kier alpha value is -0.840. The van der Waals surface area contributed by atoms with Crippen LogP contribution in [0.1, 0.15) is 5.56 Å². The lowest BCUT2D eigenvalue weighted by Crippen LogP contribution is -2.15. The molecule has 15 heavy (non-hydrogen) atoms. The molecule has 3 nitrogen and oxygen atoms in total. The van der Waals surface area contributed by atoms with Gasteiger partial charge in [-0.15, -0.1) is 0 Å². The van der Waals surface area contributed by atoms with E-state index in [1.807, 2.05) is 0 Å². The number of nitrogens with two attached hydrogens (primary N) is 1. The molecule has 0 aliphatic heterocycles. The quantitative estimate of drug-likeness (QED) is 0.846. The van der Waals surface area contributed by atoms with Crippen LogP contribution in [-0.4, -0.2) is 4.98 Å². The average molecular weight is 288 g/mol. The Labute approximate surface area is 99.4 Å². The van der Waals surface area contributed by atoms with Gasteiger partial charge in [0, 0.05) is 27.5 Å². The van der Waals surface area contributed by atoms with E-state index in [0.29, 0.717) is 10.6 Å². The van der Waals surface area contributed by atoms with Crippen molar-refractivity contribution in [2.75, 3.05) is 0 Å². The number of hydrogen-bond donors (Lipinski definition) is 2. The summed E-state index contributed by atoms with van der Waals surface area (Å²) in [6.45, 7) is 0.221. The van der Waals surface area contributed by atoms with Crippen LogP contribution >= 0.6 is 27.5 Å². The highest BCUT2D eigenvalue weighted by Gasteiger charge is 2.04. The van der Waals surface area contributed by atoms with Gasteiger partial charge < -0.3 is 10.7 Å². The minimum absolute atomic E-state index is 0.153. The maximum atomic E-state index is 11.5. The van der Waals surface area contributed by atoms with Gasteiger partial charge in [-0.1, -0.05) is 11.6 Å². The van der Waals surface area contributed by atoms with Gasteiger partial charge in [-0.2, -0.15) is 0 Å². The first kappa shape index (κ1) is 10.7. The monoisotopic (exact) mass is 286 g/mol. The molecule has 78 valence electrons. The molecule has 1 aromatic heterocycles. The highest BCUT2D eigenvalue weighted by atomic mass is 79.9. The lowest BCUT2D eigenvalue weighted by atomic mass is 10.1. The number of benzene rings is 1. The van der Waals surface area contributed by atoms with Crippen molar-refractivity contribution in [1.82, 2.24) is 4.98 Å². The van der Waals surface area contributed by atoms with Crippen molar-refractivity contribution in [1.29, 1.82) is 0 Å². The van der Waals surface area contributed by atoms with Crippen LogP contribution in [0.3, 0.4) is 0 Å². The van der Waals surface area contributed by atoms with Gasteiger partial charge >= 0.3 is 0 Å². The number of rotatable bonds is 1. The molecular formula is C10H8BrClN2O. The average Bonchev–Trinajstić information content (AvgIpc) is 2.20. The molecule has 1 heterocycles. The zero-order valence-electron chi connectivity index (χ0n) is 7.68. The summed E-state index contributed by atoms with van der Waals surface area (Å²) in [7, 11) is 0. The molecule has 0 atom stereocenters. The third-order valence-corrected chi connectivity index (χ3v) is 3.38. The van der Waals surface area contributed by atoms with E-state index in [9.17, 15) is 4.79 Å².